The van der Waals surface area contributed by atoms with E-state index in [0.717, 1.165) is 12.0 Å². The van der Waals surface area contributed by atoms with Gasteiger partial charge in [-0.05, 0) is 49.8 Å². The number of fused-ring (bicyclic) bond motifs is 3. The maximum Gasteiger partial charge on any atom is 0.0176 e. The summed E-state index contributed by atoms with van der Waals surface area (Å²) in [4.78, 5) is 0. The van der Waals surface area contributed by atoms with Crippen molar-refractivity contribution < 1.29 is 0 Å². The van der Waals surface area contributed by atoms with Gasteiger partial charge in [-0.3, -0.25) is 0 Å². The second-order valence-corrected chi connectivity index (χ2v) is 4.72. The third-order valence-corrected chi connectivity index (χ3v) is 3.72. The largest absolute Gasteiger partial charge is 0.313 e. The Kier molecular flexibility index (Phi) is 1.88. The maximum absolute atomic E-state index is 3.65. The normalized spacial score (nSPS) is 29.8. The van der Waals surface area contributed by atoms with Gasteiger partial charge >= 0.3 is 0 Å². The summed E-state index contributed by atoms with van der Waals surface area (Å²) in [6.45, 7) is 3.41. The van der Waals surface area contributed by atoms with Crippen molar-refractivity contribution in [1.29, 1.82) is 0 Å². The molecule has 1 aromatic carbocycles. The molecule has 0 radical (unpaired) electrons. The van der Waals surface area contributed by atoms with Crippen LogP contribution in [0.25, 0.3) is 0 Å². The Morgan fingerprint density at radius 1 is 1.36 bits per heavy atom. The molecule has 1 saturated heterocycles. The highest BCUT2D eigenvalue weighted by molar-refractivity contribution is 5.40. The summed E-state index contributed by atoms with van der Waals surface area (Å²) in [5.41, 5.74) is 4.62. The van der Waals surface area contributed by atoms with E-state index in [1.165, 1.54) is 31.4 Å². The fourth-order valence-electron chi connectivity index (χ4n) is 3.02. The minimum absolute atomic E-state index is 0.737. The summed E-state index contributed by atoms with van der Waals surface area (Å²) in [5, 5.41) is 3.65. The second-order valence-electron chi connectivity index (χ2n) is 4.72. The molecule has 1 nitrogen and oxygen atoms in total. The first-order valence-corrected chi connectivity index (χ1v) is 5.67. The van der Waals surface area contributed by atoms with Crippen LogP contribution in [0.3, 0.4) is 0 Å². The first-order chi connectivity index (χ1) is 6.84. The smallest absolute Gasteiger partial charge is 0.0176 e. The summed E-state index contributed by atoms with van der Waals surface area (Å²) >= 11 is 0. The van der Waals surface area contributed by atoms with Gasteiger partial charge in [0, 0.05) is 6.04 Å². The molecule has 0 unspecified atom stereocenters. The molecule has 1 aliphatic carbocycles. The summed E-state index contributed by atoms with van der Waals surface area (Å²) in [6.07, 6.45) is 3.98. The minimum Gasteiger partial charge on any atom is -0.313 e. The standard InChI is InChI=1S/C13H17N/c1-9-4-5-10-8-13-11(12(10)7-9)3-2-6-14-13/h4-5,7,11,13-14H,2-3,6,8H2,1H3/t11-,13+/m1/s1. The Morgan fingerprint density at radius 2 is 2.29 bits per heavy atom. The predicted octanol–water partition coefficient (Wildman–Crippen LogP) is 2.39. The van der Waals surface area contributed by atoms with Crippen LogP contribution < -0.4 is 5.32 Å². The second kappa shape index (κ2) is 3.09. The summed E-state index contributed by atoms with van der Waals surface area (Å²) in [7, 11) is 0. The number of aryl methyl sites for hydroxylation is 1. The van der Waals surface area contributed by atoms with Crippen molar-refractivity contribution in [1.82, 2.24) is 5.32 Å². The summed E-state index contributed by atoms with van der Waals surface area (Å²) in [6, 6.07) is 7.70. The average molecular weight is 187 g/mol. The van der Waals surface area contributed by atoms with Gasteiger partial charge in [0.1, 0.15) is 0 Å². The predicted molar refractivity (Wildman–Crippen MR) is 58.6 cm³/mol. The van der Waals surface area contributed by atoms with E-state index in [9.17, 15) is 0 Å². The first-order valence-electron chi connectivity index (χ1n) is 5.67. The van der Waals surface area contributed by atoms with Crippen molar-refractivity contribution in [2.24, 2.45) is 0 Å². The monoisotopic (exact) mass is 187 g/mol. The van der Waals surface area contributed by atoms with Gasteiger partial charge < -0.3 is 5.32 Å². The van der Waals surface area contributed by atoms with Gasteiger partial charge in [0.15, 0.2) is 0 Å². The lowest BCUT2D eigenvalue weighted by Gasteiger charge is -2.27. The van der Waals surface area contributed by atoms with E-state index in [-0.39, 0.29) is 0 Å². The van der Waals surface area contributed by atoms with E-state index < -0.39 is 0 Å². The molecule has 0 aromatic heterocycles. The van der Waals surface area contributed by atoms with Crippen LogP contribution in [0.15, 0.2) is 18.2 Å². The van der Waals surface area contributed by atoms with Crippen molar-refractivity contribution in [2.45, 2.75) is 38.1 Å². The molecule has 0 bridgehead atoms. The first kappa shape index (κ1) is 8.49. The van der Waals surface area contributed by atoms with Crippen molar-refractivity contribution in [2.75, 3.05) is 6.54 Å². The third kappa shape index (κ3) is 1.19. The van der Waals surface area contributed by atoms with E-state index in [1.807, 2.05) is 0 Å². The quantitative estimate of drug-likeness (QED) is 0.657. The summed E-state index contributed by atoms with van der Waals surface area (Å²) in [5.74, 6) is 0.804. The van der Waals surface area contributed by atoms with Crippen LogP contribution in [-0.4, -0.2) is 12.6 Å². The molecular weight excluding hydrogens is 170 g/mol. The molecule has 0 saturated carbocycles. The fourth-order valence-corrected chi connectivity index (χ4v) is 3.02. The molecule has 3 rings (SSSR count). The molecule has 1 aromatic rings. The lowest BCUT2D eigenvalue weighted by molar-refractivity contribution is 0.372. The van der Waals surface area contributed by atoms with Gasteiger partial charge in [0.05, 0.1) is 0 Å². The van der Waals surface area contributed by atoms with Crippen LogP contribution in [0.4, 0.5) is 0 Å². The Labute approximate surface area is 85.5 Å². The lowest BCUT2D eigenvalue weighted by Crippen LogP contribution is -2.37. The van der Waals surface area contributed by atoms with Crippen molar-refractivity contribution in [3.8, 4) is 0 Å². The van der Waals surface area contributed by atoms with Gasteiger partial charge in [-0.25, -0.2) is 0 Å². The van der Waals surface area contributed by atoms with Gasteiger partial charge in [0.2, 0.25) is 0 Å². The van der Waals surface area contributed by atoms with Crippen LogP contribution in [0.2, 0.25) is 0 Å². The Bertz CT molecular complexity index is 356. The highest BCUT2D eigenvalue weighted by Crippen LogP contribution is 2.38. The van der Waals surface area contributed by atoms with Crippen LogP contribution in [0.1, 0.15) is 35.4 Å². The van der Waals surface area contributed by atoms with E-state index in [0.29, 0.717) is 0 Å². The van der Waals surface area contributed by atoms with Crippen molar-refractivity contribution >= 4 is 0 Å². The Morgan fingerprint density at radius 3 is 3.21 bits per heavy atom. The molecule has 2 atom stereocenters. The Balaban J connectivity index is 2.02. The number of nitrogens with one attached hydrogen (secondary N) is 1. The van der Waals surface area contributed by atoms with Crippen molar-refractivity contribution in [3.63, 3.8) is 0 Å². The van der Waals surface area contributed by atoms with Gasteiger partial charge in [-0.2, -0.15) is 0 Å². The van der Waals surface area contributed by atoms with Gasteiger partial charge in [-0.15, -0.1) is 0 Å². The minimum atomic E-state index is 0.737. The van der Waals surface area contributed by atoms with E-state index in [2.05, 4.69) is 30.4 Å². The highest BCUT2D eigenvalue weighted by atomic mass is 14.9. The molecule has 14 heavy (non-hydrogen) atoms. The molecular formula is C13H17N. The lowest BCUT2D eigenvalue weighted by atomic mass is 9.90. The Hall–Kier alpha value is -0.820. The van der Waals surface area contributed by atoms with E-state index in [1.54, 1.807) is 11.1 Å². The summed E-state index contributed by atoms with van der Waals surface area (Å²) < 4.78 is 0. The molecule has 2 aliphatic rings. The van der Waals surface area contributed by atoms with Crippen LogP contribution in [-0.2, 0) is 6.42 Å². The topological polar surface area (TPSA) is 12.0 Å². The van der Waals surface area contributed by atoms with Crippen LogP contribution in [0.5, 0.6) is 0 Å². The number of benzene rings is 1. The maximum atomic E-state index is 3.65. The number of hydrogen-bond acceptors (Lipinski definition) is 1. The zero-order chi connectivity index (χ0) is 9.54. The zero-order valence-corrected chi connectivity index (χ0v) is 8.72. The molecule has 1 heteroatoms. The van der Waals surface area contributed by atoms with E-state index >= 15 is 0 Å². The SMILES string of the molecule is Cc1ccc2c(c1)[C@H]1CCCN[C@H]1C2. The number of piperidine rings is 1. The van der Waals surface area contributed by atoms with E-state index in [4.69, 9.17) is 0 Å². The number of rotatable bonds is 0. The molecule has 74 valence electrons. The van der Waals surface area contributed by atoms with Crippen LogP contribution >= 0.6 is 0 Å². The van der Waals surface area contributed by atoms with Gasteiger partial charge in [0.25, 0.3) is 0 Å². The van der Waals surface area contributed by atoms with Crippen molar-refractivity contribution in [3.05, 3.63) is 34.9 Å². The molecule has 0 amide bonds. The molecule has 0 spiro atoms. The average Bonchev–Trinajstić information content (AvgIpc) is 2.56. The fraction of sp³-hybridized carbons (Fsp3) is 0.538. The zero-order valence-electron chi connectivity index (χ0n) is 8.72. The molecule has 1 N–H and O–H groups in total. The highest BCUT2D eigenvalue weighted by Gasteiger charge is 2.33. The molecule has 1 heterocycles. The molecule has 1 fully saturated rings. The van der Waals surface area contributed by atoms with Gasteiger partial charge in [-0.1, -0.05) is 23.8 Å². The third-order valence-electron chi connectivity index (χ3n) is 3.72. The number of hydrogen-bond donors (Lipinski definition) is 1. The molecule has 1 aliphatic heterocycles. The van der Waals surface area contributed by atoms with Crippen LogP contribution in [0, 0.1) is 6.92 Å².